The molecule has 0 aromatic carbocycles. The van der Waals surface area contributed by atoms with Crippen molar-refractivity contribution < 1.29 is 55.1 Å². The maximum Gasteiger partial charge on any atom is 0.189 e. The van der Waals surface area contributed by atoms with Gasteiger partial charge in [-0.3, -0.25) is 0 Å². The molecule has 0 amide bonds. The lowest BCUT2D eigenvalue weighted by molar-refractivity contribution is -0.354. The molecular formula is C12H22O11. The maximum absolute atomic E-state index is 9.93. The molecule has 2 fully saturated rings. The van der Waals surface area contributed by atoms with Crippen LogP contribution >= 0.6 is 0 Å². The van der Waals surface area contributed by atoms with E-state index in [2.05, 4.69) is 0 Å². The SMILES string of the molecule is OC[C@H]1O[C@H](OC(O)[C@H]2OC[C@@H](O)[C@@H](O)[C@@H]2O)[C@H](O)[C@@H](O)[C@@H]1O. The summed E-state index contributed by atoms with van der Waals surface area (Å²) in [5.74, 6) is 0. The van der Waals surface area contributed by atoms with Crippen molar-refractivity contribution in [3.63, 3.8) is 0 Å². The quantitative estimate of drug-likeness (QED) is 0.228. The van der Waals surface area contributed by atoms with Gasteiger partial charge < -0.3 is 55.1 Å². The Morgan fingerprint density at radius 1 is 0.913 bits per heavy atom. The second-order valence-electron chi connectivity index (χ2n) is 5.57. The molecule has 11 heteroatoms. The monoisotopic (exact) mass is 342 g/mol. The Morgan fingerprint density at radius 3 is 2.17 bits per heavy atom. The van der Waals surface area contributed by atoms with Gasteiger partial charge in [-0.2, -0.15) is 0 Å². The largest absolute Gasteiger partial charge is 0.394 e. The molecule has 2 aliphatic rings. The van der Waals surface area contributed by atoms with Gasteiger partial charge in [-0.15, -0.1) is 0 Å². The van der Waals surface area contributed by atoms with Crippen molar-refractivity contribution >= 4 is 0 Å². The molecule has 0 saturated carbocycles. The van der Waals surface area contributed by atoms with Crippen LogP contribution in [-0.2, 0) is 14.2 Å². The third kappa shape index (κ3) is 3.81. The lowest BCUT2D eigenvalue weighted by atomic mass is 9.98. The van der Waals surface area contributed by atoms with Gasteiger partial charge in [-0.1, -0.05) is 0 Å². The van der Waals surface area contributed by atoms with Crippen molar-refractivity contribution in [3.8, 4) is 0 Å². The van der Waals surface area contributed by atoms with Crippen molar-refractivity contribution in [3.05, 3.63) is 0 Å². The molecule has 0 spiro atoms. The number of hydrogen-bond donors (Lipinski definition) is 8. The average molecular weight is 342 g/mol. The van der Waals surface area contributed by atoms with E-state index >= 15 is 0 Å². The minimum atomic E-state index is -1.88. The summed E-state index contributed by atoms with van der Waals surface area (Å²) in [6.45, 7) is -1.04. The van der Waals surface area contributed by atoms with Crippen LogP contribution < -0.4 is 0 Å². The smallest absolute Gasteiger partial charge is 0.189 e. The van der Waals surface area contributed by atoms with Crippen LogP contribution in [0, 0.1) is 0 Å². The summed E-state index contributed by atoms with van der Waals surface area (Å²) in [7, 11) is 0. The highest BCUT2D eigenvalue weighted by atomic mass is 16.8. The van der Waals surface area contributed by atoms with Crippen molar-refractivity contribution in [1.82, 2.24) is 0 Å². The molecule has 2 rings (SSSR count). The molecule has 2 saturated heterocycles. The average Bonchev–Trinajstić information content (AvgIpc) is 2.53. The number of aliphatic hydroxyl groups is 8. The van der Waals surface area contributed by atoms with E-state index in [-0.39, 0.29) is 6.61 Å². The van der Waals surface area contributed by atoms with Crippen molar-refractivity contribution in [2.75, 3.05) is 13.2 Å². The topological polar surface area (TPSA) is 190 Å². The number of ether oxygens (including phenoxy) is 3. The Morgan fingerprint density at radius 2 is 1.57 bits per heavy atom. The summed E-state index contributed by atoms with van der Waals surface area (Å²) < 4.78 is 15.0. The first-order valence-electron chi connectivity index (χ1n) is 7.07. The van der Waals surface area contributed by atoms with Crippen molar-refractivity contribution in [1.29, 1.82) is 0 Å². The zero-order valence-electron chi connectivity index (χ0n) is 12.0. The molecule has 0 bridgehead atoms. The molecule has 1 unspecified atom stereocenters. The molecule has 8 N–H and O–H groups in total. The van der Waals surface area contributed by atoms with E-state index in [1.165, 1.54) is 0 Å². The Kier molecular flexibility index (Phi) is 6.27. The number of rotatable bonds is 4. The third-order valence-electron chi connectivity index (χ3n) is 3.94. The highest BCUT2D eigenvalue weighted by molar-refractivity contribution is 4.91. The van der Waals surface area contributed by atoms with Gasteiger partial charge in [-0.05, 0) is 0 Å². The first kappa shape index (κ1) is 18.9. The van der Waals surface area contributed by atoms with Crippen LogP contribution in [0.2, 0.25) is 0 Å². The predicted octanol–water partition coefficient (Wildman–Crippen LogP) is -5.40. The molecule has 2 aliphatic heterocycles. The highest BCUT2D eigenvalue weighted by Gasteiger charge is 2.47. The van der Waals surface area contributed by atoms with Gasteiger partial charge in [0.1, 0.15) is 48.8 Å². The van der Waals surface area contributed by atoms with E-state index in [9.17, 15) is 35.7 Å². The second-order valence-corrected chi connectivity index (χ2v) is 5.57. The van der Waals surface area contributed by atoms with Crippen LogP contribution in [0.3, 0.4) is 0 Å². The predicted molar refractivity (Wildman–Crippen MR) is 68.6 cm³/mol. The van der Waals surface area contributed by atoms with Crippen LogP contribution in [0.15, 0.2) is 0 Å². The summed E-state index contributed by atoms with van der Waals surface area (Å²) >= 11 is 0. The van der Waals surface area contributed by atoms with Gasteiger partial charge in [0, 0.05) is 0 Å². The van der Waals surface area contributed by atoms with E-state index in [0.717, 1.165) is 0 Å². The Hall–Kier alpha value is -0.440. The zero-order valence-corrected chi connectivity index (χ0v) is 12.0. The molecule has 0 aliphatic carbocycles. The van der Waals surface area contributed by atoms with Crippen molar-refractivity contribution in [2.45, 2.75) is 61.4 Å². The lowest BCUT2D eigenvalue weighted by Crippen LogP contribution is -2.62. The van der Waals surface area contributed by atoms with E-state index in [4.69, 9.17) is 19.3 Å². The molecular weight excluding hydrogens is 320 g/mol. The molecule has 0 aromatic heterocycles. The molecule has 0 aromatic rings. The first-order valence-corrected chi connectivity index (χ1v) is 7.07. The summed E-state index contributed by atoms with van der Waals surface area (Å²) in [5.41, 5.74) is 0. The van der Waals surface area contributed by atoms with Crippen LogP contribution in [0.4, 0.5) is 0 Å². The molecule has 10 atom stereocenters. The second kappa shape index (κ2) is 7.63. The summed E-state index contributed by atoms with van der Waals surface area (Å²) in [5, 5.41) is 76.6. The fraction of sp³-hybridized carbons (Fsp3) is 1.00. The normalized spacial score (nSPS) is 49.8. The summed E-state index contributed by atoms with van der Waals surface area (Å²) in [4.78, 5) is 0. The minimum absolute atomic E-state index is 0.363. The maximum atomic E-state index is 9.93. The van der Waals surface area contributed by atoms with Crippen LogP contribution in [-0.4, -0.2) is 115 Å². The van der Waals surface area contributed by atoms with Crippen LogP contribution in [0.1, 0.15) is 0 Å². The number of hydrogen-bond acceptors (Lipinski definition) is 11. The van der Waals surface area contributed by atoms with E-state index in [0.29, 0.717) is 0 Å². The van der Waals surface area contributed by atoms with Crippen LogP contribution in [0.5, 0.6) is 0 Å². The Balaban J connectivity index is 2.00. The molecule has 23 heavy (non-hydrogen) atoms. The third-order valence-corrected chi connectivity index (χ3v) is 3.94. The Labute approximate surface area is 130 Å². The standard InChI is InChI=1S/C12H22O11/c13-1-4-6(16)7(17)9(19)12(22-4)23-11(20)10-8(18)5(15)3(14)2-21-10/h3-20H,1-2H2/t3-,4-,5-,6-,7+,8+,9-,10+,11?,12-/m1/s1. The summed E-state index contributed by atoms with van der Waals surface area (Å²) in [6, 6.07) is 0. The van der Waals surface area contributed by atoms with Crippen molar-refractivity contribution in [2.24, 2.45) is 0 Å². The van der Waals surface area contributed by atoms with Gasteiger partial charge in [0.15, 0.2) is 12.6 Å². The molecule has 0 radical (unpaired) electrons. The fourth-order valence-corrected chi connectivity index (χ4v) is 2.47. The van der Waals surface area contributed by atoms with E-state index in [1.807, 2.05) is 0 Å². The minimum Gasteiger partial charge on any atom is -0.394 e. The molecule has 11 nitrogen and oxygen atoms in total. The lowest BCUT2D eigenvalue weighted by Gasteiger charge is -2.42. The van der Waals surface area contributed by atoms with Gasteiger partial charge in [-0.25, -0.2) is 0 Å². The van der Waals surface area contributed by atoms with Gasteiger partial charge in [0.05, 0.1) is 13.2 Å². The Bertz CT molecular complexity index is 380. The first-order chi connectivity index (χ1) is 10.8. The van der Waals surface area contributed by atoms with Gasteiger partial charge in [0.2, 0.25) is 0 Å². The van der Waals surface area contributed by atoms with Crippen LogP contribution in [0.25, 0.3) is 0 Å². The molecule has 2 heterocycles. The number of aliphatic hydroxyl groups excluding tert-OH is 8. The van der Waals surface area contributed by atoms with Gasteiger partial charge >= 0.3 is 0 Å². The van der Waals surface area contributed by atoms with E-state index < -0.39 is 68.0 Å². The zero-order chi connectivity index (χ0) is 17.3. The molecule has 136 valence electrons. The van der Waals surface area contributed by atoms with Gasteiger partial charge in [0.25, 0.3) is 0 Å². The fourth-order valence-electron chi connectivity index (χ4n) is 2.47. The van der Waals surface area contributed by atoms with E-state index in [1.54, 1.807) is 0 Å². The summed E-state index contributed by atoms with van der Waals surface area (Å²) in [6.07, 6.45) is -15.8. The highest BCUT2D eigenvalue weighted by Crippen LogP contribution is 2.25.